The molecule has 318 valence electrons. The van der Waals surface area contributed by atoms with Crippen LogP contribution in [-0.4, -0.2) is 0 Å². The minimum absolute atomic E-state index is 1.21. The van der Waals surface area contributed by atoms with E-state index in [1.165, 1.54) is 128 Å². The van der Waals surface area contributed by atoms with Gasteiger partial charge in [-0.15, -0.1) is 0 Å². The molecule has 0 saturated heterocycles. The quantitative estimate of drug-likeness (QED) is 0.155. The molecule has 1 aliphatic rings. The van der Waals surface area contributed by atoms with Gasteiger partial charge in [-0.2, -0.15) is 0 Å². The van der Waals surface area contributed by atoms with Crippen LogP contribution in [0.3, 0.4) is 0 Å². The number of hydrogen-bond acceptors (Lipinski definition) is 0. The molecule has 0 fully saturated rings. The van der Waals surface area contributed by atoms with Gasteiger partial charge in [-0.3, -0.25) is 0 Å². The molecule has 0 amide bonds. The molecule has 0 unspecified atom stereocenters. The van der Waals surface area contributed by atoms with Gasteiger partial charge in [0.1, 0.15) is 0 Å². The Kier molecular flexibility index (Phi) is 11.5. The Hall–Kier alpha value is -8.32. The highest BCUT2D eigenvalue weighted by atomic mass is 14.2. The third-order valence-corrected chi connectivity index (χ3v) is 13.3. The number of allylic oxidation sites excluding steroid dienone is 1. The van der Waals surface area contributed by atoms with Crippen molar-refractivity contribution in [2.24, 2.45) is 0 Å². The molecule has 0 aliphatic heterocycles. The Morgan fingerprint density at radius 3 is 1.57 bits per heavy atom. The van der Waals surface area contributed by atoms with Crippen molar-refractivity contribution in [3.63, 3.8) is 0 Å². The number of benzene rings is 12. The summed E-state index contributed by atoms with van der Waals surface area (Å²) in [4.78, 5) is 0. The molecule has 0 saturated carbocycles. The van der Waals surface area contributed by atoms with Gasteiger partial charge in [-0.25, -0.2) is 0 Å². The summed E-state index contributed by atoms with van der Waals surface area (Å²) < 4.78 is 0. The Morgan fingerprint density at radius 1 is 0.299 bits per heavy atom. The molecule has 13 rings (SSSR count). The molecular formula is C67H50. The smallest absolute Gasteiger partial charge is 0.00200 e. The summed E-state index contributed by atoms with van der Waals surface area (Å²) in [6, 6.07) is 90.0. The lowest BCUT2D eigenvalue weighted by atomic mass is 9.83. The van der Waals surface area contributed by atoms with Crippen LogP contribution < -0.4 is 0 Å². The molecule has 0 bridgehead atoms. The van der Waals surface area contributed by atoms with Gasteiger partial charge in [0, 0.05) is 0 Å². The first-order valence-electron chi connectivity index (χ1n) is 23.5. The van der Waals surface area contributed by atoms with Crippen molar-refractivity contribution in [3.05, 3.63) is 271 Å². The summed E-state index contributed by atoms with van der Waals surface area (Å²) in [5.74, 6) is 0. The van der Waals surface area contributed by atoms with Crippen molar-refractivity contribution in [2.45, 2.75) is 19.8 Å². The predicted octanol–water partition coefficient (Wildman–Crippen LogP) is 18.8. The molecule has 0 radical (unpaired) electrons. The highest BCUT2D eigenvalue weighted by Crippen LogP contribution is 2.47. The molecule has 0 spiro atoms. The SMILES string of the molecule is C1=Cc2ccccc2CC1.Cc1ccc2c(-c3ccc(-c4ccccc4)cc3)c3cc(-c4ccc5ccccc5c4)ccc3c(-c3cccc4ccccc34)c2c1.c1ccc2ccccc2c1. The van der Waals surface area contributed by atoms with Gasteiger partial charge < -0.3 is 0 Å². The normalized spacial score (nSPS) is 11.8. The van der Waals surface area contributed by atoms with Gasteiger partial charge in [0.05, 0.1) is 0 Å². The summed E-state index contributed by atoms with van der Waals surface area (Å²) >= 11 is 0. The van der Waals surface area contributed by atoms with E-state index in [0.717, 1.165) is 0 Å². The van der Waals surface area contributed by atoms with Crippen LogP contribution in [0.2, 0.25) is 0 Å². The fraction of sp³-hybridized carbons (Fsp3) is 0.0448. The van der Waals surface area contributed by atoms with E-state index >= 15 is 0 Å². The molecule has 0 aromatic heterocycles. The number of aryl methyl sites for hydroxylation is 2. The maximum atomic E-state index is 2.42. The van der Waals surface area contributed by atoms with Crippen LogP contribution in [0, 0.1) is 6.92 Å². The van der Waals surface area contributed by atoms with Gasteiger partial charge in [0.15, 0.2) is 0 Å². The van der Waals surface area contributed by atoms with Gasteiger partial charge in [-0.1, -0.05) is 254 Å². The average molecular weight is 855 g/mol. The van der Waals surface area contributed by atoms with Crippen molar-refractivity contribution in [2.75, 3.05) is 0 Å². The zero-order chi connectivity index (χ0) is 44.9. The van der Waals surface area contributed by atoms with Crippen molar-refractivity contribution < 1.29 is 0 Å². The number of hydrogen-bond donors (Lipinski definition) is 0. The molecule has 12 aromatic carbocycles. The van der Waals surface area contributed by atoms with Crippen LogP contribution in [0.15, 0.2) is 255 Å². The number of fused-ring (bicyclic) bond motifs is 6. The zero-order valence-corrected chi connectivity index (χ0v) is 37.7. The fourth-order valence-electron chi connectivity index (χ4n) is 9.90. The second kappa shape index (κ2) is 18.6. The monoisotopic (exact) mass is 854 g/mol. The van der Waals surface area contributed by atoms with E-state index in [2.05, 4.69) is 268 Å². The molecule has 0 heterocycles. The third kappa shape index (κ3) is 8.54. The first kappa shape index (κ1) is 41.4. The predicted molar refractivity (Wildman–Crippen MR) is 291 cm³/mol. The standard InChI is InChI=1S/C47H32.C10H10.C10H8/c1-31-18-26-42-44(28-31)47(41-17-9-15-35-13-7-8-16-40(35)41)43-27-25-39(38-24-21-33-12-5-6-14-37(33)29-38)30-45(43)46(42)36-22-19-34(20-23-36)32-10-3-2-4-11-32;2*1-2-6-10-8-4-3-7-9(10)5-1/h2-30H,1H3;1-3,5-7H,4,8H2;1-8H. The molecule has 0 heteroatoms. The molecule has 12 aromatic rings. The third-order valence-electron chi connectivity index (χ3n) is 13.3. The molecule has 1 aliphatic carbocycles. The van der Waals surface area contributed by atoms with E-state index in [1.807, 2.05) is 0 Å². The maximum absolute atomic E-state index is 2.42. The van der Waals surface area contributed by atoms with Crippen molar-refractivity contribution >= 4 is 59.9 Å². The van der Waals surface area contributed by atoms with E-state index < -0.39 is 0 Å². The summed E-state index contributed by atoms with van der Waals surface area (Å²) in [6.07, 6.45) is 6.87. The van der Waals surface area contributed by atoms with Crippen molar-refractivity contribution in [3.8, 4) is 44.5 Å². The summed E-state index contributed by atoms with van der Waals surface area (Å²) in [6.45, 7) is 2.20. The minimum atomic E-state index is 1.21. The van der Waals surface area contributed by atoms with Crippen LogP contribution in [0.4, 0.5) is 0 Å². The van der Waals surface area contributed by atoms with Gasteiger partial charge >= 0.3 is 0 Å². The summed E-state index contributed by atoms with van der Waals surface area (Å²) in [7, 11) is 0. The minimum Gasteiger partial charge on any atom is -0.0836 e. The molecule has 67 heavy (non-hydrogen) atoms. The highest BCUT2D eigenvalue weighted by molar-refractivity contribution is 6.24. The lowest BCUT2D eigenvalue weighted by Crippen LogP contribution is -1.93. The molecule has 0 atom stereocenters. The van der Waals surface area contributed by atoms with Crippen molar-refractivity contribution in [1.82, 2.24) is 0 Å². The van der Waals surface area contributed by atoms with E-state index in [4.69, 9.17) is 0 Å². The maximum Gasteiger partial charge on any atom is -0.00200 e. The summed E-state index contributed by atoms with van der Waals surface area (Å²) in [5.41, 5.74) is 14.1. The molecule has 0 N–H and O–H groups in total. The first-order chi connectivity index (χ1) is 33.1. The lowest BCUT2D eigenvalue weighted by molar-refractivity contribution is 0.986. The fourth-order valence-corrected chi connectivity index (χ4v) is 9.90. The van der Waals surface area contributed by atoms with E-state index in [9.17, 15) is 0 Å². The Balaban J connectivity index is 0.000000201. The van der Waals surface area contributed by atoms with E-state index in [0.29, 0.717) is 0 Å². The zero-order valence-electron chi connectivity index (χ0n) is 37.7. The first-order valence-corrected chi connectivity index (χ1v) is 23.5. The van der Waals surface area contributed by atoms with Gasteiger partial charge in [-0.05, 0) is 141 Å². The van der Waals surface area contributed by atoms with E-state index in [-0.39, 0.29) is 0 Å². The highest BCUT2D eigenvalue weighted by Gasteiger charge is 2.19. The van der Waals surface area contributed by atoms with Gasteiger partial charge in [0.25, 0.3) is 0 Å². The van der Waals surface area contributed by atoms with Gasteiger partial charge in [0.2, 0.25) is 0 Å². The molecule has 0 nitrogen and oxygen atoms in total. The number of rotatable bonds is 4. The van der Waals surface area contributed by atoms with Crippen LogP contribution in [0.1, 0.15) is 23.1 Å². The topological polar surface area (TPSA) is 0 Å². The Morgan fingerprint density at radius 2 is 0.821 bits per heavy atom. The Labute approximate surface area is 393 Å². The second-order valence-electron chi connectivity index (χ2n) is 17.6. The van der Waals surface area contributed by atoms with Crippen molar-refractivity contribution in [1.29, 1.82) is 0 Å². The van der Waals surface area contributed by atoms with Crippen LogP contribution in [0.5, 0.6) is 0 Å². The average Bonchev–Trinajstić information content (AvgIpc) is 3.40. The summed E-state index contributed by atoms with van der Waals surface area (Å²) in [5, 5.41) is 12.8. The van der Waals surface area contributed by atoms with E-state index in [1.54, 1.807) is 0 Å². The Bertz CT molecular complexity index is 3670. The lowest BCUT2D eigenvalue weighted by Gasteiger charge is -2.20. The largest absolute Gasteiger partial charge is 0.0836 e. The van der Waals surface area contributed by atoms with Crippen LogP contribution in [0.25, 0.3) is 104 Å². The van der Waals surface area contributed by atoms with Crippen LogP contribution >= 0.6 is 0 Å². The molecular weight excluding hydrogens is 805 g/mol. The van der Waals surface area contributed by atoms with Crippen LogP contribution in [-0.2, 0) is 6.42 Å². The second-order valence-corrected chi connectivity index (χ2v) is 17.6.